The summed E-state index contributed by atoms with van der Waals surface area (Å²) >= 11 is 1.56. The van der Waals surface area contributed by atoms with E-state index in [0.717, 1.165) is 40.5 Å². The van der Waals surface area contributed by atoms with Gasteiger partial charge in [0.1, 0.15) is 5.75 Å². The summed E-state index contributed by atoms with van der Waals surface area (Å²) in [5.74, 6) is 0.757. The number of nitrogens with zero attached hydrogens (tertiary/aromatic N) is 3. The molecular formula is C23H29N3O2S. The average molecular weight is 412 g/mol. The lowest BCUT2D eigenvalue weighted by Crippen LogP contribution is -2.36. The number of hydrogen-bond donors (Lipinski definition) is 0. The first-order valence-corrected chi connectivity index (χ1v) is 10.9. The zero-order chi connectivity index (χ0) is 20.8. The Morgan fingerprint density at radius 2 is 1.86 bits per heavy atom. The van der Waals surface area contributed by atoms with Crippen LogP contribution in [0, 0.1) is 6.92 Å². The van der Waals surface area contributed by atoms with Crippen molar-refractivity contribution in [1.29, 1.82) is 0 Å². The third-order valence-corrected chi connectivity index (χ3v) is 5.69. The molecule has 1 heterocycles. The fourth-order valence-electron chi connectivity index (χ4n) is 2.90. The molecule has 0 radical (unpaired) electrons. The quantitative estimate of drug-likeness (QED) is 0.465. The van der Waals surface area contributed by atoms with Crippen molar-refractivity contribution in [2.75, 3.05) is 38.7 Å². The number of hydrogen-bond acceptors (Lipinski definition) is 5. The summed E-state index contributed by atoms with van der Waals surface area (Å²) in [4.78, 5) is 21.9. The fourth-order valence-corrected chi connectivity index (χ4v) is 3.99. The molecule has 0 atom stereocenters. The molecule has 2 aromatic carbocycles. The first-order chi connectivity index (χ1) is 14.0. The highest BCUT2D eigenvalue weighted by Crippen LogP contribution is 2.30. The van der Waals surface area contributed by atoms with Crippen LogP contribution < -0.4 is 9.64 Å². The van der Waals surface area contributed by atoms with E-state index in [1.54, 1.807) is 16.2 Å². The molecule has 1 amide bonds. The number of fused-ring (bicyclic) bond motifs is 1. The van der Waals surface area contributed by atoms with Gasteiger partial charge in [-0.15, -0.1) is 0 Å². The molecule has 0 saturated carbocycles. The number of rotatable bonds is 9. The zero-order valence-electron chi connectivity index (χ0n) is 17.6. The topological polar surface area (TPSA) is 45.7 Å². The maximum absolute atomic E-state index is 13.3. The van der Waals surface area contributed by atoms with Crippen molar-refractivity contribution < 1.29 is 9.53 Å². The van der Waals surface area contributed by atoms with Gasteiger partial charge in [-0.1, -0.05) is 30.7 Å². The first-order valence-electron chi connectivity index (χ1n) is 10.0. The predicted octanol–water partition coefficient (Wildman–Crippen LogP) is 4.99. The average Bonchev–Trinajstić information content (AvgIpc) is 3.11. The van der Waals surface area contributed by atoms with Gasteiger partial charge in [-0.05, 0) is 69.4 Å². The van der Waals surface area contributed by atoms with Crippen molar-refractivity contribution in [2.24, 2.45) is 0 Å². The zero-order valence-corrected chi connectivity index (χ0v) is 18.5. The van der Waals surface area contributed by atoms with Gasteiger partial charge in [0.2, 0.25) is 0 Å². The maximum Gasteiger partial charge on any atom is 0.260 e. The number of ether oxygens (including phenoxy) is 1. The number of amides is 1. The van der Waals surface area contributed by atoms with Crippen LogP contribution in [0.5, 0.6) is 5.75 Å². The largest absolute Gasteiger partial charge is 0.494 e. The van der Waals surface area contributed by atoms with Crippen LogP contribution in [0.3, 0.4) is 0 Å². The number of unbranched alkanes of at least 4 members (excludes halogenated alkanes) is 1. The Morgan fingerprint density at radius 3 is 2.55 bits per heavy atom. The Bertz CT molecular complexity index is 950. The Morgan fingerprint density at radius 1 is 1.10 bits per heavy atom. The Hall–Kier alpha value is -2.44. The van der Waals surface area contributed by atoms with E-state index in [0.29, 0.717) is 18.7 Å². The van der Waals surface area contributed by atoms with E-state index in [9.17, 15) is 4.79 Å². The monoisotopic (exact) mass is 411 g/mol. The van der Waals surface area contributed by atoms with Crippen LogP contribution in [0.15, 0.2) is 42.5 Å². The Labute approximate surface area is 176 Å². The van der Waals surface area contributed by atoms with E-state index in [2.05, 4.69) is 30.9 Å². The molecule has 29 heavy (non-hydrogen) atoms. The third kappa shape index (κ3) is 5.55. The van der Waals surface area contributed by atoms with Crippen LogP contribution in [-0.4, -0.2) is 49.6 Å². The van der Waals surface area contributed by atoms with Gasteiger partial charge in [-0.25, -0.2) is 4.98 Å². The second-order valence-corrected chi connectivity index (χ2v) is 8.46. The summed E-state index contributed by atoms with van der Waals surface area (Å²) in [7, 11) is 4.01. The van der Waals surface area contributed by atoms with Crippen LogP contribution in [0.2, 0.25) is 0 Å². The predicted molar refractivity (Wildman–Crippen MR) is 121 cm³/mol. The van der Waals surface area contributed by atoms with Crippen molar-refractivity contribution >= 4 is 32.6 Å². The number of benzene rings is 2. The molecule has 1 aromatic heterocycles. The number of anilines is 1. The summed E-state index contributed by atoms with van der Waals surface area (Å²) in [6.07, 6.45) is 2.12. The molecule has 0 saturated heterocycles. The summed E-state index contributed by atoms with van der Waals surface area (Å²) in [6, 6.07) is 13.6. The Balaban J connectivity index is 1.84. The number of likely N-dealkylation sites (N-methyl/N-ethyl adjacent to an activating group) is 1. The summed E-state index contributed by atoms with van der Waals surface area (Å²) < 4.78 is 6.81. The van der Waals surface area contributed by atoms with Gasteiger partial charge in [-0.2, -0.15) is 0 Å². The van der Waals surface area contributed by atoms with Gasteiger partial charge in [0.25, 0.3) is 5.91 Å². The van der Waals surface area contributed by atoms with E-state index < -0.39 is 0 Å². The second-order valence-electron chi connectivity index (χ2n) is 7.45. The van der Waals surface area contributed by atoms with E-state index in [-0.39, 0.29) is 5.91 Å². The lowest BCUT2D eigenvalue weighted by molar-refractivity contribution is 0.0985. The fraction of sp³-hybridized carbons (Fsp3) is 0.391. The second kappa shape index (κ2) is 9.85. The molecule has 0 aliphatic rings. The van der Waals surface area contributed by atoms with Gasteiger partial charge < -0.3 is 9.64 Å². The maximum atomic E-state index is 13.3. The lowest BCUT2D eigenvalue weighted by Gasteiger charge is -2.22. The van der Waals surface area contributed by atoms with Crippen molar-refractivity contribution in [3.8, 4) is 5.75 Å². The summed E-state index contributed by atoms with van der Waals surface area (Å²) in [6.45, 7) is 6.25. The molecule has 0 aliphatic carbocycles. The van der Waals surface area contributed by atoms with Gasteiger partial charge in [0.15, 0.2) is 5.13 Å². The lowest BCUT2D eigenvalue weighted by atomic mass is 10.2. The molecule has 0 bridgehead atoms. The number of thiazole rings is 1. The molecule has 3 aromatic rings. The van der Waals surface area contributed by atoms with Gasteiger partial charge in [0, 0.05) is 18.7 Å². The molecule has 154 valence electrons. The minimum Gasteiger partial charge on any atom is -0.494 e. The van der Waals surface area contributed by atoms with Crippen LogP contribution in [0.25, 0.3) is 10.2 Å². The van der Waals surface area contributed by atoms with Crippen LogP contribution in [-0.2, 0) is 0 Å². The normalized spacial score (nSPS) is 11.2. The summed E-state index contributed by atoms with van der Waals surface area (Å²) in [5.41, 5.74) is 2.76. The molecule has 0 spiro atoms. The van der Waals surface area contributed by atoms with Crippen LogP contribution in [0.1, 0.15) is 35.7 Å². The van der Waals surface area contributed by atoms with Crippen LogP contribution in [0.4, 0.5) is 5.13 Å². The highest BCUT2D eigenvalue weighted by molar-refractivity contribution is 7.22. The minimum atomic E-state index is -0.0391. The minimum absolute atomic E-state index is 0.0391. The molecule has 0 aliphatic heterocycles. The molecule has 6 heteroatoms. The van der Waals surface area contributed by atoms with Gasteiger partial charge in [-0.3, -0.25) is 9.69 Å². The molecule has 3 rings (SSSR count). The molecule has 0 unspecified atom stereocenters. The van der Waals surface area contributed by atoms with E-state index >= 15 is 0 Å². The number of carbonyl (C=O) groups is 1. The number of aryl methyl sites for hydroxylation is 1. The smallest absolute Gasteiger partial charge is 0.260 e. The van der Waals surface area contributed by atoms with Crippen molar-refractivity contribution in [3.63, 3.8) is 0 Å². The van der Waals surface area contributed by atoms with Gasteiger partial charge in [0.05, 0.1) is 16.8 Å². The van der Waals surface area contributed by atoms with Crippen molar-refractivity contribution in [1.82, 2.24) is 9.88 Å². The van der Waals surface area contributed by atoms with Crippen molar-refractivity contribution in [3.05, 3.63) is 53.6 Å². The van der Waals surface area contributed by atoms with Crippen molar-refractivity contribution in [2.45, 2.75) is 26.7 Å². The molecule has 5 nitrogen and oxygen atoms in total. The number of carbonyl (C=O) groups excluding carboxylic acids is 1. The SMILES string of the molecule is CCCCOc1ccc(C(=O)N(CCN(C)C)c2nc3ccc(C)cc3s2)cc1. The first kappa shape index (κ1) is 21.3. The van der Waals surface area contributed by atoms with E-state index in [1.807, 2.05) is 44.4 Å². The molecular weight excluding hydrogens is 382 g/mol. The van der Waals surface area contributed by atoms with Crippen LogP contribution >= 0.6 is 11.3 Å². The summed E-state index contributed by atoms with van der Waals surface area (Å²) in [5, 5.41) is 0.737. The highest BCUT2D eigenvalue weighted by Gasteiger charge is 2.21. The molecule has 0 N–H and O–H groups in total. The molecule has 0 fully saturated rings. The highest BCUT2D eigenvalue weighted by atomic mass is 32.1. The van der Waals surface area contributed by atoms with Gasteiger partial charge >= 0.3 is 0 Å². The Kier molecular flexibility index (Phi) is 7.23. The third-order valence-electron chi connectivity index (χ3n) is 4.65. The number of aromatic nitrogens is 1. The van der Waals surface area contributed by atoms with E-state index in [4.69, 9.17) is 9.72 Å². The van der Waals surface area contributed by atoms with E-state index in [1.165, 1.54) is 5.56 Å². The standard InChI is InChI=1S/C23H29N3O2S/c1-5-6-15-28-19-10-8-18(9-11-19)22(27)26(14-13-25(3)4)23-24-20-12-7-17(2)16-21(20)29-23/h7-12,16H,5-6,13-15H2,1-4H3.